The Morgan fingerprint density at radius 1 is 0.592 bits per heavy atom. The second-order valence-corrected chi connectivity index (χ2v) is 10.5. The molecule has 0 aliphatic rings. The van der Waals surface area contributed by atoms with Gasteiger partial charge in [0, 0.05) is 10.8 Å². The first kappa shape index (κ1) is 45.4. The average Bonchev–Trinajstić information content (AvgIpc) is 3.55. The number of aromatic nitrogens is 6. The van der Waals surface area contributed by atoms with E-state index in [1.807, 2.05) is 62.4 Å². The summed E-state index contributed by atoms with van der Waals surface area (Å²) in [5, 5.41) is 1.87. The van der Waals surface area contributed by atoms with Crippen LogP contribution < -0.4 is 20.9 Å². The molecule has 6 N–H and O–H groups in total. The second kappa shape index (κ2) is 20.2. The summed E-state index contributed by atoms with van der Waals surface area (Å²) in [5.74, 6) is 1.59. The normalized spacial score (nSPS) is 11.8. The van der Waals surface area contributed by atoms with E-state index < -0.39 is 0 Å². The first-order chi connectivity index (χ1) is 21.2. The Hall–Kier alpha value is -3.56. The Bertz CT molecular complexity index is 1860. The predicted octanol–water partition coefficient (Wildman–Crippen LogP) is 5.80. The van der Waals surface area contributed by atoms with Crippen LogP contribution in [-0.2, 0) is 0 Å². The Balaban J connectivity index is 0.000000853. The van der Waals surface area contributed by atoms with Gasteiger partial charge in [-0.3, -0.25) is 19.8 Å². The molecule has 17 heteroatoms. The molecule has 13 nitrogen and oxygen atoms in total. The van der Waals surface area contributed by atoms with Crippen molar-refractivity contribution < 1.29 is 14.9 Å². The topological polar surface area (TPSA) is 180 Å². The number of pyridine rings is 2. The maximum atomic E-state index is 11.3. The number of benzene rings is 2. The summed E-state index contributed by atoms with van der Waals surface area (Å²) in [7, 11) is 0. The maximum Gasteiger partial charge on any atom is 0.325 e. The first-order valence-corrected chi connectivity index (χ1v) is 15.1. The molecule has 6 rings (SSSR count). The molecule has 2 aromatic carbocycles. The summed E-state index contributed by atoms with van der Waals surface area (Å²) in [5.41, 5.74) is 3.70. The summed E-state index contributed by atoms with van der Waals surface area (Å²) >= 11 is 0. The molecule has 0 radical (unpaired) electrons. The minimum absolute atomic E-state index is 0. The fourth-order valence-corrected chi connectivity index (χ4v) is 5.38. The largest absolute Gasteiger partial charge is 0.475 e. The van der Waals surface area contributed by atoms with Gasteiger partial charge >= 0.3 is 11.4 Å². The Labute approximate surface area is 308 Å². The fraction of sp³-hybridized carbons (Fsp3) is 0.375. The van der Waals surface area contributed by atoms with Crippen molar-refractivity contribution in [1.82, 2.24) is 39.7 Å². The molecule has 4 aromatic heterocycles. The second-order valence-electron chi connectivity index (χ2n) is 10.5. The van der Waals surface area contributed by atoms with E-state index in [2.05, 4.69) is 67.4 Å². The van der Waals surface area contributed by atoms with Gasteiger partial charge in [0.05, 0.1) is 22.1 Å². The number of halogens is 4. The lowest BCUT2D eigenvalue weighted by molar-refractivity contribution is 0.0480. The van der Waals surface area contributed by atoms with Crippen molar-refractivity contribution >= 4 is 93.8 Å². The molecule has 272 valence electrons. The summed E-state index contributed by atoms with van der Waals surface area (Å²) in [6.45, 7) is 16.3. The van der Waals surface area contributed by atoms with Gasteiger partial charge in [0.1, 0.15) is 24.0 Å². The van der Waals surface area contributed by atoms with Crippen LogP contribution in [0.15, 0.2) is 58.1 Å². The molecule has 0 saturated heterocycles. The predicted molar refractivity (Wildman–Crippen MR) is 207 cm³/mol. The standard InChI is InChI=1S/2C16H20N4O2.4ClH.H2O/c2*1-4-20(5-2)10(3)22-12-6-7-13-11(8-12)9-14-15(17-13)19-16(21)18-14;;;;;/h2*6-10H,4-5H2,1-3H3,(H2,17,18,19,21);4*1H;1H2. The lowest BCUT2D eigenvalue weighted by Crippen LogP contribution is -2.36. The van der Waals surface area contributed by atoms with Crippen LogP contribution in [-0.4, -0.2) is 83.8 Å². The molecule has 0 amide bonds. The Morgan fingerprint density at radius 2 is 0.939 bits per heavy atom. The summed E-state index contributed by atoms with van der Waals surface area (Å²) in [6, 6.07) is 15.3. The number of hydrogen-bond donors (Lipinski definition) is 4. The zero-order valence-electron chi connectivity index (χ0n) is 28.2. The van der Waals surface area contributed by atoms with Crippen LogP contribution in [0, 0.1) is 0 Å². The van der Waals surface area contributed by atoms with Crippen LogP contribution in [0.25, 0.3) is 44.1 Å². The molecule has 6 aromatic rings. The molecule has 0 aliphatic heterocycles. The molecule has 0 aliphatic carbocycles. The molecule has 0 fully saturated rings. The highest BCUT2D eigenvalue weighted by atomic mass is 35.5. The van der Waals surface area contributed by atoms with E-state index in [0.29, 0.717) is 22.3 Å². The van der Waals surface area contributed by atoms with Gasteiger partial charge in [0.2, 0.25) is 0 Å². The molecular weight excluding hydrogens is 718 g/mol. The third kappa shape index (κ3) is 10.7. The van der Waals surface area contributed by atoms with Crippen molar-refractivity contribution in [3.8, 4) is 11.5 Å². The van der Waals surface area contributed by atoms with E-state index in [1.165, 1.54) is 0 Å². The molecular formula is C32H46Cl4N8O5. The van der Waals surface area contributed by atoms with Crippen LogP contribution in [0.1, 0.15) is 41.5 Å². The van der Waals surface area contributed by atoms with Crippen LogP contribution in [0.3, 0.4) is 0 Å². The van der Waals surface area contributed by atoms with Gasteiger partial charge in [-0.25, -0.2) is 19.6 Å². The number of nitrogens with zero attached hydrogens (tertiary/aromatic N) is 4. The third-order valence-corrected chi connectivity index (χ3v) is 7.80. The summed E-state index contributed by atoms with van der Waals surface area (Å²) in [6.07, 6.45) is 0.0208. The van der Waals surface area contributed by atoms with E-state index in [9.17, 15) is 9.59 Å². The zero-order valence-corrected chi connectivity index (χ0v) is 31.4. The zero-order chi connectivity index (χ0) is 31.4. The lowest BCUT2D eigenvalue weighted by atomic mass is 10.2. The van der Waals surface area contributed by atoms with E-state index >= 15 is 0 Å². The molecule has 49 heavy (non-hydrogen) atoms. The monoisotopic (exact) mass is 762 g/mol. The number of hydrogen-bond acceptors (Lipinski definition) is 8. The van der Waals surface area contributed by atoms with Crippen molar-refractivity contribution in [1.29, 1.82) is 0 Å². The number of imidazole rings is 2. The van der Waals surface area contributed by atoms with Crippen LogP contribution in [0.5, 0.6) is 11.5 Å². The van der Waals surface area contributed by atoms with Gasteiger partial charge in [-0.15, -0.1) is 49.6 Å². The number of aromatic amines is 4. The first-order valence-electron chi connectivity index (χ1n) is 15.1. The SMILES string of the molecule is CCN(CC)C(C)Oc1ccc2nc3[nH]c(=O)[nH]c3cc2c1.CCN(CC)C(C)Oc1ccc2nc3[nH]c(=O)[nH]c3cc2c1.Cl.Cl.Cl.Cl.O. The summed E-state index contributed by atoms with van der Waals surface area (Å²) in [4.78, 5) is 46.8. The van der Waals surface area contributed by atoms with Crippen molar-refractivity contribution in [2.24, 2.45) is 0 Å². The van der Waals surface area contributed by atoms with Crippen LogP contribution >= 0.6 is 49.6 Å². The van der Waals surface area contributed by atoms with Gasteiger partial charge in [-0.2, -0.15) is 0 Å². The highest BCUT2D eigenvalue weighted by Crippen LogP contribution is 2.24. The quantitative estimate of drug-likeness (QED) is 0.126. The number of fused-ring (bicyclic) bond motifs is 4. The van der Waals surface area contributed by atoms with Crippen molar-refractivity contribution in [2.45, 2.75) is 54.0 Å². The van der Waals surface area contributed by atoms with Gasteiger partial charge < -0.3 is 24.9 Å². The van der Waals surface area contributed by atoms with Gasteiger partial charge in [0.15, 0.2) is 11.3 Å². The average molecular weight is 765 g/mol. The minimum Gasteiger partial charge on any atom is -0.475 e. The molecule has 0 bridgehead atoms. The third-order valence-electron chi connectivity index (χ3n) is 7.80. The number of ether oxygens (including phenoxy) is 2. The van der Waals surface area contributed by atoms with Gasteiger partial charge in [0.25, 0.3) is 0 Å². The lowest BCUT2D eigenvalue weighted by Gasteiger charge is -2.26. The minimum atomic E-state index is -0.246. The van der Waals surface area contributed by atoms with Crippen molar-refractivity contribution in [3.63, 3.8) is 0 Å². The summed E-state index contributed by atoms with van der Waals surface area (Å²) < 4.78 is 12.0. The highest BCUT2D eigenvalue weighted by Gasteiger charge is 2.13. The Kier molecular flexibility index (Phi) is 18.7. The van der Waals surface area contributed by atoms with E-state index in [-0.39, 0.29) is 78.9 Å². The van der Waals surface area contributed by atoms with E-state index in [0.717, 1.165) is 59.5 Å². The van der Waals surface area contributed by atoms with E-state index in [4.69, 9.17) is 9.47 Å². The van der Waals surface area contributed by atoms with Gasteiger partial charge in [-0.1, -0.05) is 27.7 Å². The fourth-order valence-electron chi connectivity index (χ4n) is 5.38. The number of nitrogens with one attached hydrogen (secondary N) is 4. The smallest absolute Gasteiger partial charge is 0.325 e. The van der Waals surface area contributed by atoms with E-state index in [1.54, 1.807) is 0 Å². The Morgan fingerprint density at radius 3 is 1.27 bits per heavy atom. The van der Waals surface area contributed by atoms with Crippen molar-refractivity contribution in [3.05, 3.63) is 69.5 Å². The van der Waals surface area contributed by atoms with Crippen molar-refractivity contribution in [2.75, 3.05) is 26.2 Å². The van der Waals surface area contributed by atoms with Crippen LogP contribution in [0.4, 0.5) is 0 Å². The van der Waals surface area contributed by atoms with Crippen LogP contribution in [0.2, 0.25) is 0 Å². The molecule has 0 saturated carbocycles. The molecule has 4 heterocycles. The molecule has 2 unspecified atom stereocenters. The maximum absolute atomic E-state index is 11.3. The molecule has 2 atom stereocenters. The van der Waals surface area contributed by atoms with Gasteiger partial charge in [-0.05, 0) is 88.6 Å². The number of rotatable bonds is 10. The number of H-pyrrole nitrogens is 4. The highest BCUT2D eigenvalue weighted by molar-refractivity contribution is 5.91. The molecule has 0 spiro atoms.